The highest BCUT2D eigenvalue weighted by atomic mass is 16.5. The molecule has 1 unspecified atom stereocenters. The van der Waals surface area contributed by atoms with Crippen LogP contribution in [0.4, 0.5) is 5.82 Å². The second kappa shape index (κ2) is 8.18. The number of carbonyl (C=O) groups is 2. The van der Waals surface area contributed by atoms with Crippen LogP contribution in [-0.4, -0.2) is 63.9 Å². The maximum absolute atomic E-state index is 13.4. The number of hydrogen-bond donors (Lipinski definition) is 0. The van der Waals surface area contributed by atoms with E-state index in [4.69, 9.17) is 14.5 Å². The Hall–Kier alpha value is -2.97. The fourth-order valence-corrected chi connectivity index (χ4v) is 4.74. The Morgan fingerprint density at radius 3 is 2.66 bits per heavy atom. The van der Waals surface area contributed by atoms with Crippen molar-refractivity contribution in [2.75, 3.05) is 32.1 Å². The van der Waals surface area contributed by atoms with E-state index in [0.29, 0.717) is 43.5 Å². The molecule has 9 nitrogen and oxygen atoms in total. The molecular weight excluding hydrogens is 408 g/mol. The summed E-state index contributed by atoms with van der Waals surface area (Å²) in [5.74, 6) is 2.70. The highest BCUT2D eigenvalue weighted by Crippen LogP contribution is 2.40. The molecule has 170 valence electrons. The van der Waals surface area contributed by atoms with E-state index >= 15 is 0 Å². The van der Waals surface area contributed by atoms with Gasteiger partial charge < -0.3 is 19.2 Å². The lowest BCUT2D eigenvalue weighted by Gasteiger charge is -2.36. The van der Waals surface area contributed by atoms with Crippen LogP contribution >= 0.6 is 0 Å². The second-order valence-electron chi connectivity index (χ2n) is 9.31. The van der Waals surface area contributed by atoms with Gasteiger partial charge in [-0.25, -0.2) is 9.97 Å². The quantitative estimate of drug-likeness (QED) is 0.724. The minimum absolute atomic E-state index is 0.0617. The topological polar surface area (TPSA) is 95.7 Å². The molecule has 32 heavy (non-hydrogen) atoms. The van der Waals surface area contributed by atoms with Crippen LogP contribution in [0.3, 0.4) is 0 Å². The van der Waals surface area contributed by atoms with Crippen LogP contribution in [0.25, 0.3) is 0 Å². The van der Waals surface area contributed by atoms with E-state index in [1.165, 1.54) is 0 Å². The summed E-state index contributed by atoms with van der Waals surface area (Å²) in [6, 6.07) is 1.62. The second-order valence-corrected chi connectivity index (χ2v) is 9.31. The average molecular weight is 439 g/mol. The third-order valence-electron chi connectivity index (χ3n) is 6.71. The molecule has 0 bridgehead atoms. The first kappa shape index (κ1) is 20.9. The van der Waals surface area contributed by atoms with E-state index in [2.05, 4.69) is 5.16 Å². The summed E-state index contributed by atoms with van der Waals surface area (Å²) < 4.78 is 5.43. The number of rotatable bonds is 4. The van der Waals surface area contributed by atoms with Crippen molar-refractivity contribution in [2.24, 2.45) is 0 Å². The van der Waals surface area contributed by atoms with Gasteiger partial charge in [-0.05, 0) is 32.1 Å². The SMILES string of the molecule is CC(=O)N1CCc2nc(C3CCCCN3C(=O)c3cc(C4CC4)on3)nc(N(C)C)c2C1. The molecule has 1 saturated heterocycles. The van der Waals surface area contributed by atoms with Gasteiger partial charge in [0, 0.05) is 58.1 Å². The first-order valence-electron chi connectivity index (χ1n) is 11.5. The van der Waals surface area contributed by atoms with Crippen LogP contribution in [0.1, 0.15) is 84.3 Å². The highest BCUT2D eigenvalue weighted by molar-refractivity contribution is 5.92. The van der Waals surface area contributed by atoms with Crippen LogP contribution in [0, 0.1) is 0 Å². The maximum Gasteiger partial charge on any atom is 0.276 e. The molecule has 1 saturated carbocycles. The van der Waals surface area contributed by atoms with Gasteiger partial charge in [0.2, 0.25) is 5.91 Å². The van der Waals surface area contributed by atoms with Gasteiger partial charge >= 0.3 is 0 Å². The van der Waals surface area contributed by atoms with Crippen molar-refractivity contribution < 1.29 is 14.1 Å². The normalized spacial score (nSPS) is 20.8. The molecule has 0 aromatic carbocycles. The van der Waals surface area contributed by atoms with Gasteiger partial charge in [-0.2, -0.15) is 0 Å². The number of likely N-dealkylation sites (tertiary alicyclic amines) is 1. The van der Waals surface area contributed by atoms with Crippen LogP contribution in [0.5, 0.6) is 0 Å². The Labute approximate surface area is 187 Å². The molecule has 4 heterocycles. The molecular formula is C23H30N6O3. The van der Waals surface area contributed by atoms with E-state index in [9.17, 15) is 9.59 Å². The zero-order chi connectivity index (χ0) is 22.4. The number of carbonyl (C=O) groups excluding carboxylic acids is 2. The first-order valence-corrected chi connectivity index (χ1v) is 11.5. The molecule has 2 aromatic heterocycles. The van der Waals surface area contributed by atoms with Gasteiger partial charge in [-0.3, -0.25) is 9.59 Å². The van der Waals surface area contributed by atoms with Gasteiger partial charge in [-0.1, -0.05) is 5.16 Å². The Bertz CT molecular complexity index is 1040. The van der Waals surface area contributed by atoms with Crippen molar-refractivity contribution in [3.63, 3.8) is 0 Å². The zero-order valence-electron chi connectivity index (χ0n) is 19.0. The molecule has 0 N–H and O–H groups in total. The summed E-state index contributed by atoms with van der Waals surface area (Å²) in [7, 11) is 3.91. The minimum atomic E-state index is -0.188. The monoisotopic (exact) mass is 438 g/mol. The first-order chi connectivity index (χ1) is 15.4. The number of piperidine rings is 1. The predicted molar refractivity (Wildman–Crippen MR) is 117 cm³/mol. The number of amides is 2. The molecule has 2 aromatic rings. The molecule has 2 aliphatic heterocycles. The molecule has 0 spiro atoms. The highest BCUT2D eigenvalue weighted by Gasteiger charge is 2.35. The minimum Gasteiger partial charge on any atom is -0.362 e. The number of anilines is 1. The van der Waals surface area contributed by atoms with Crippen molar-refractivity contribution in [2.45, 2.75) is 64.0 Å². The van der Waals surface area contributed by atoms with Gasteiger partial charge in [-0.15, -0.1) is 0 Å². The Kier molecular flexibility index (Phi) is 5.35. The van der Waals surface area contributed by atoms with Gasteiger partial charge in [0.1, 0.15) is 11.6 Å². The summed E-state index contributed by atoms with van der Waals surface area (Å²) in [5, 5.41) is 4.07. The molecule has 5 rings (SSSR count). The lowest BCUT2D eigenvalue weighted by atomic mass is 9.99. The largest absolute Gasteiger partial charge is 0.362 e. The smallest absolute Gasteiger partial charge is 0.276 e. The van der Waals surface area contributed by atoms with E-state index in [0.717, 1.165) is 54.9 Å². The average Bonchev–Trinajstić information content (AvgIpc) is 3.53. The fraction of sp³-hybridized carbons (Fsp3) is 0.609. The van der Waals surface area contributed by atoms with E-state index in [1.807, 2.05) is 28.8 Å². The Morgan fingerprint density at radius 1 is 1.12 bits per heavy atom. The van der Waals surface area contributed by atoms with Gasteiger partial charge in [0.25, 0.3) is 5.91 Å². The molecule has 9 heteroatoms. The van der Waals surface area contributed by atoms with Crippen molar-refractivity contribution in [3.05, 3.63) is 34.6 Å². The molecule has 0 radical (unpaired) electrons. The van der Waals surface area contributed by atoms with Crippen molar-refractivity contribution in [1.82, 2.24) is 24.9 Å². The fourth-order valence-electron chi connectivity index (χ4n) is 4.74. The standard InChI is InChI=1S/C23H30N6O3/c1-14(30)28-11-9-17-16(13-28)22(27(2)3)25-21(24-17)19-6-4-5-10-29(19)23(31)18-12-20(32-26-18)15-7-8-15/h12,15,19H,4-11,13H2,1-3H3. The van der Waals surface area contributed by atoms with Crippen LogP contribution < -0.4 is 4.90 Å². The molecule has 1 aliphatic carbocycles. The number of hydrogen-bond acceptors (Lipinski definition) is 7. The Morgan fingerprint density at radius 2 is 1.94 bits per heavy atom. The number of aromatic nitrogens is 3. The summed E-state index contributed by atoms with van der Waals surface area (Å²) >= 11 is 0. The molecule has 1 atom stereocenters. The van der Waals surface area contributed by atoms with Crippen molar-refractivity contribution >= 4 is 17.6 Å². The van der Waals surface area contributed by atoms with E-state index in [1.54, 1.807) is 13.0 Å². The number of nitrogens with zero attached hydrogens (tertiary/aromatic N) is 6. The number of fused-ring (bicyclic) bond motifs is 1. The summed E-state index contributed by atoms with van der Waals surface area (Å²) in [6.45, 7) is 3.43. The van der Waals surface area contributed by atoms with Crippen molar-refractivity contribution in [3.8, 4) is 0 Å². The molecule has 3 aliphatic rings. The maximum atomic E-state index is 13.4. The van der Waals surface area contributed by atoms with Gasteiger partial charge in [0.15, 0.2) is 11.5 Å². The zero-order valence-corrected chi connectivity index (χ0v) is 19.0. The predicted octanol–water partition coefficient (Wildman–Crippen LogP) is 2.68. The summed E-state index contributed by atoms with van der Waals surface area (Å²) in [4.78, 5) is 40.8. The lowest BCUT2D eigenvalue weighted by Crippen LogP contribution is -2.40. The third kappa shape index (κ3) is 3.84. The van der Waals surface area contributed by atoms with E-state index in [-0.39, 0.29) is 17.9 Å². The van der Waals surface area contributed by atoms with Crippen LogP contribution in [0.15, 0.2) is 10.6 Å². The summed E-state index contributed by atoms with van der Waals surface area (Å²) in [5.41, 5.74) is 2.35. The van der Waals surface area contributed by atoms with Crippen LogP contribution in [-0.2, 0) is 17.8 Å². The van der Waals surface area contributed by atoms with Crippen LogP contribution in [0.2, 0.25) is 0 Å². The van der Waals surface area contributed by atoms with Gasteiger partial charge in [0.05, 0.1) is 18.3 Å². The molecule has 2 amide bonds. The van der Waals surface area contributed by atoms with Crippen molar-refractivity contribution in [1.29, 1.82) is 0 Å². The summed E-state index contributed by atoms with van der Waals surface area (Å²) in [6.07, 6.45) is 5.70. The Balaban J connectivity index is 1.47. The van der Waals surface area contributed by atoms with E-state index < -0.39 is 0 Å². The third-order valence-corrected chi connectivity index (χ3v) is 6.71. The molecule has 2 fully saturated rings. The lowest BCUT2D eigenvalue weighted by molar-refractivity contribution is -0.129.